The zero-order chi connectivity index (χ0) is 19.9. The minimum Gasteiger partial charge on any atom is -0.357 e. The van der Waals surface area contributed by atoms with Crippen molar-refractivity contribution in [2.24, 2.45) is 0 Å². The lowest BCUT2D eigenvalue weighted by atomic mass is 9.96. The van der Waals surface area contributed by atoms with Crippen LogP contribution in [-0.4, -0.2) is 19.8 Å². The number of alkyl halides is 1. The summed E-state index contributed by atoms with van der Waals surface area (Å²) in [5.74, 6) is -2.42. The molecule has 0 bridgehead atoms. The van der Waals surface area contributed by atoms with E-state index < -0.39 is 33.0 Å². The maximum absolute atomic E-state index is 14.7. The lowest BCUT2D eigenvalue weighted by molar-refractivity contribution is 0.332. The first-order chi connectivity index (χ1) is 12.6. The second-order valence-corrected chi connectivity index (χ2v) is 8.28. The maximum atomic E-state index is 14.7. The van der Waals surface area contributed by atoms with Gasteiger partial charge in [0.1, 0.15) is 22.2 Å². The number of nitrogens with zero attached hydrogens (tertiary/aromatic N) is 1. The van der Waals surface area contributed by atoms with Crippen LogP contribution in [0.2, 0.25) is 0 Å². The highest BCUT2D eigenvalue weighted by Crippen LogP contribution is 2.38. The molecular formula is C19H16F3NO3S. The van der Waals surface area contributed by atoms with E-state index >= 15 is 0 Å². The van der Waals surface area contributed by atoms with Gasteiger partial charge in [0.25, 0.3) is 0 Å². The molecule has 0 N–H and O–H groups in total. The van der Waals surface area contributed by atoms with Crippen LogP contribution in [0.15, 0.2) is 39.8 Å². The van der Waals surface area contributed by atoms with Crippen molar-refractivity contribution in [2.45, 2.75) is 25.4 Å². The summed E-state index contributed by atoms with van der Waals surface area (Å²) in [5.41, 5.74) is 2.28. The van der Waals surface area contributed by atoms with Crippen molar-refractivity contribution in [3.8, 4) is 22.4 Å². The van der Waals surface area contributed by atoms with E-state index in [1.807, 2.05) is 19.9 Å². The molecule has 0 unspecified atom stereocenters. The minimum absolute atomic E-state index is 0.0443. The second-order valence-electron chi connectivity index (χ2n) is 6.30. The fourth-order valence-corrected chi connectivity index (χ4v) is 3.51. The Labute approximate surface area is 154 Å². The van der Waals surface area contributed by atoms with Gasteiger partial charge >= 0.3 is 0 Å². The van der Waals surface area contributed by atoms with E-state index in [0.29, 0.717) is 11.6 Å². The average molecular weight is 395 g/mol. The molecule has 8 heteroatoms. The first-order valence-corrected chi connectivity index (χ1v) is 9.84. The van der Waals surface area contributed by atoms with Gasteiger partial charge < -0.3 is 4.52 Å². The van der Waals surface area contributed by atoms with Gasteiger partial charge in [0.15, 0.2) is 22.3 Å². The summed E-state index contributed by atoms with van der Waals surface area (Å²) in [5, 5.41) is 3.82. The van der Waals surface area contributed by atoms with Crippen LogP contribution in [0.5, 0.6) is 0 Å². The Bertz CT molecular complexity index is 1140. The summed E-state index contributed by atoms with van der Waals surface area (Å²) in [7, 11) is -3.96. The molecule has 0 amide bonds. The van der Waals surface area contributed by atoms with Crippen molar-refractivity contribution in [1.82, 2.24) is 5.16 Å². The van der Waals surface area contributed by atoms with Crippen LogP contribution in [0, 0.1) is 25.5 Å². The number of benzene rings is 2. The Kier molecular flexibility index (Phi) is 4.86. The van der Waals surface area contributed by atoms with Crippen LogP contribution in [-0.2, 0) is 16.5 Å². The summed E-state index contributed by atoms with van der Waals surface area (Å²) in [4.78, 5) is -0.769. The molecule has 3 aromatic rings. The highest BCUT2D eigenvalue weighted by molar-refractivity contribution is 7.90. The van der Waals surface area contributed by atoms with Gasteiger partial charge in [-0.05, 0) is 43.2 Å². The van der Waals surface area contributed by atoms with E-state index in [1.165, 1.54) is 0 Å². The molecule has 1 heterocycles. The molecule has 0 spiro atoms. The van der Waals surface area contributed by atoms with E-state index in [2.05, 4.69) is 5.16 Å². The number of hydrogen-bond acceptors (Lipinski definition) is 4. The van der Waals surface area contributed by atoms with Gasteiger partial charge in [-0.2, -0.15) is 0 Å². The maximum Gasteiger partial charge on any atom is 0.178 e. The molecule has 0 radical (unpaired) electrons. The number of hydrogen-bond donors (Lipinski definition) is 0. The molecule has 4 nitrogen and oxygen atoms in total. The Hall–Kier alpha value is -2.61. The standard InChI is InChI=1S/C19H16F3NO3S/c1-10-4-5-12(6-11(10)2)19-18(16(9-20)26-23-19)13-7-15(22)17(8-14(13)21)27(3,24)25/h4-8H,9H2,1-3H3. The van der Waals surface area contributed by atoms with Gasteiger partial charge in [0.05, 0.1) is 5.56 Å². The lowest BCUT2D eigenvalue weighted by Gasteiger charge is -2.09. The van der Waals surface area contributed by atoms with Gasteiger partial charge in [-0.25, -0.2) is 21.6 Å². The van der Waals surface area contributed by atoms with E-state index in [9.17, 15) is 21.6 Å². The molecule has 0 fully saturated rings. The third kappa shape index (κ3) is 3.49. The second kappa shape index (κ2) is 6.84. The topological polar surface area (TPSA) is 60.2 Å². The third-order valence-electron chi connectivity index (χ3n) is 4.35. The molecule has 0 aliphatic rings. The van der Waals surface area contributed by atoms with Crippen LogP contribution in [0.3, 0.4) is 0 Å². The predicted molar refractivity (Wildman–Crippen MR) is 94.7 cm³/mol. The van der Waals surface area contributed by atoms with Crippen molar-refractivity contribution < 1.29 is 26.1 Å². The number of halogens is 3. The largest absolute Gasteiger partial charge is 0.357 e. The molecule has 0 atom stereocenters. The van der Waals surface area contributed by atoms with Gasteiger partial charge in [0, 0.05) is 17.4 Å². The van der Waals surface area contributed by atoms with Crippen molar-refractivity contribution in [2.75, 3.05) is 6.26 Å². The normalized spacial score (nSPS) is 11.8. The third-order valence-corrected chi connectivity index (χ3v) is 5.47. The zero-order valence-corrected chi connectivity index (χ0v) is 15.6. The summed E-state index contributed by atoms with van der Waals surface area (Å²) in [6.45, 7) is 2.70. The van der Waals surface area contributed by atoms with Crippen LogP contribution in [0.25, 0.3) is 22.4 Å². The minimum atomic E-state index is -3.96. The molecule has 1 aromatic heterocycles. The fourth-order valence-electron chi connectivity index (χ4n) is 2.78. The quantitative estimate of drug-likeness (QED) is 0.638. The Balaban J connectivity index is 2.27. The van der Waals surface area contributed by atoms with Crippen LogP contribution < -0.4 is 0 Å². The van der Waals surface area contributed by atoms with E-state index in [0.717, 1.165) is 23.4 Å². The average Bonchev–Trinajstić information content (AvgIpc) is 3.01. The molecular weight excluding hydrogens is 379 g/mol. The molecule has 0 aliphatic heterocycles. The van der Waals surface area contributed by atoms with Gasteiger partial charge in [-0.3, -0.25) is 0 Å². The fraction of sp³-hybridized carbons (Fsp3) is 0.211. The predicted octanol–water partition coefficient (Wildman–Crippen LogP) is 4.78. The first-order valence-electron chi connectivity index (χ1n) is 7.95. The van der Waals surface area contributed by atoms with Crippen LogP contribution in [0.4, 0.5) is 13.2 Å². The molecule has 0 aliphatic carbocycles. The number of aryl methyl sites for hydroxylation is 2. The highest BCUT2D eigenvalue weighted by atomic mass is 32.2. The summed E-state index contributed by atoms with van der Waals surface area (Å²) in [6.07, 6.45) is 0.775. The Morgan fingerprint density at radius 2 is 1.74 bits per heavy atom. The monoisotopic (exact) mass is 395 g/mol. The molecule has 27 heavy (non-hydrogen) atoms. The van der Waals surface area contributed by atoms with Crippen molar-refractivity contribution in [3.63, 3.8) is 0 Å². The number of aromatic nitrogens is 1. The van der Waals surface area contributed by atoms with Gasteiger partial charge in [-0.15, -0.1) is 0 Å². The molecule has 2 aromatic carbocycles. The number of rotatable bonds is 4. The molecule has 3 rings (SSSR count). The molecule has 142 valence electrons. The van der Waals surface area contributed by atoms with Crippen molar-refractivity contribution >= 4 is 9.84 Å². The van der Waals surface area contributed by atoms with Gasteiger partial charge in [0.2, 0.25) is 0 Å². The Morgan fingerprint density at radius 3 is 2.33 bits per heavy atom. The molecule has 0 saturated heterocycles. The summed E-state index contributed by atoms with van der Waals surface area (Å²) < 4.78 is 70.5. The summed E-state index contributed by atoms with van der Waals surface area (Å²) >= 11 is 0. The van der Waals surface area contributed by atoms with Crippen LogP contribution >= 0.6 is 0 Å². The summed E-state index contributed by atoms with van der Waals surface area (Å²) in [6, 6.07) is 6.62. The van der Waals surface area contributed by atoms with Crippen molar-refractivity contribution in [1.29, 1.82) is 0 Å². The van der Waals surface area contributed by atoms with E-state index in [4.69, 9.17) is 4.52 Å². The zero-order valence-electron chi connectivity index (χ0n) is 14.8. The SMILES string of the molecule is Cc1ccc(-c2noc(CF)c2-c2cc(F)c(S(C)(=O)=O)cc2F)cc1C. The van der Waals surface area contributed by atoms with E-state index in [1.54, 1.807) is 12.1 Å². The lowest BCUT2D eigenvalue weighted by Crippen LogP contribution is -2.03. The molecule has 0 saturated carbocycles. The van der Waals surface area contributed by atoms with E-state index in [-0.39, 0.29) is 22.6 Å². The Morgan fingerprint density at radius 1 is 1.04 bits per heavy atom. The van der Waals surface area contributed by atoms with Gasteiger partial charge in [-0.1, -0.05) is 17.3 Å². The van der Waals surface area contributed by atoms with Crippen LogP contribution in [0.1, 0.15) is 16.9 Å². The first kappa shape index (κ1) is 19.2. The highest BCUT2D eigenvalue weighted by Gasteiger charge is 2.25. The number of sulfone groups is 1. The smallest absolute Gasteiger partial charge is 0.178 e. The van der Waals surface area contributed by atoms with Crippen molar-refractivity contribution in [3.05, 3.63) is 58.9 Å².